The van der Waals surface area contributed by atoms with Gasteiger partial charge in [0.2, 0.25) is 5.91 Å². The molecule has 1 atom stereocenters. The van der Waals surface area contributed by atoms with E-state index in [2.05, 4.69) is 12.2 Å². The topological polar surface area (TPSA) is 55.1 Å². The summed E-state index contributed by atoms with van der Waals surface area (Å²) in [6.07, 6.45) is 2.17. The molecule has 0 saturated carbocycles. The van der Waals surface area contributed by atoms with Crippen LogP contribution in [0.3, 0.4) is 0 Å². The first-order chi connectivity index (χ1) is 8.15. The van der Waals surface area contributed by atoms with Crippen molar-refractivity contribution >= 4 is 11.6 Å². The monoisotopic (exact) mass is 238 g/mol. The van der Waals surface area contributed by atoms with Gasteiger partial charge in [-0.2, -0.15) is 0 Å². The van der Waals surface area contributed by atoms with Crippen LogP contribution in [0.5, 0.6) is 0 Å². The third-order valence-electron chi connectivity index (χ3n) is 2.80. The summed E-state index contributed by atoms with van der Waals surface area (Å²) in [5, 5.41) is 2.67. The fourth-order valence-electron chi connectivity index (χ4n) is 1.61. The predicted molar refractivity (Wildman–Crippen MR) is 67.1 cm³/mol. The zero-order valence-electron chi connectivity index (χ0n) is 10.1. The number of halogens is 1. The second-order valence-electron chi connectivity index (χ2n) is 4.11. The maximum absolute atomic E-state index is 12.9. The minimum Gasteiger partial charge on any atom is -0.330 e. The number of carbonyl (C=O) groups excluding carboxylic acids is 1. The zero-order valence-corrected chi connectivity index (χ0v) is 10.1. The summed E-state index contributed by atoms with van der Waals surface area (Å²) in [7, 11) is 0. The van der Waals surface area contributed by atoms with Crippen molar-refractivity contribution in [3.8, 4) is 0 Å². The Morgan fingerprint density at radius 1 is 1.53 bits per heavy atom. The van der Waals surface area contributed by atoms with Gasteiger partial charge in [0.1, 0.15) is 5.82 Å². The average molecular weight is 238 g/mol. The molecule has 0 radical (unpaired) electrons. The van der Waals surface area contributed by atoms with Gasteiger partial charge in [-0.3, -0.25) is 4.79 Å². The number of carbonyl (C=O) groups is 1. The second-order valence-corrected chi connectivity index (χ2v) is 4.11. The van der Waals surface area contributed by atoms with E-state index < -0.39 is 0 Å². The van der Waals surface area contributed by atoms with Crippen molar-refractivity contribution in [3.63, 3.8) is 0 Å². The molecule has 94 valence electrons. The minimum absolute atomic E-state index is 0.0949. The Kier molecular flexibility index (Phi) is 5.63. The lowest BCUT2D eigenvalue weighted by Crippen LogP contribution is -2.17. The van der Waals surface area contributed by atoms with Crippen LogP contribution in [-0.2, 0) is 4.79 Å². The molecule has 0 aliphatic heterocycles. The first-order valence-corrected chi connectivity index (χ1v) is 5.91. The molecule has 0 fully saturated rings. The molecule has 1 aromatic rings. The van der Waals surface area contributed by atoms with Crippen LogP contribution in [0.25, 0.3) is 0 Å². The van der Waals surface area contributed by atoms with Gasteiger partial charge < -0.3 is 11.1 Å². The van der Waals surface area contributed by atoms with Gasteiger partial charge in [-0.25, -0.2) is 4.39 Å². The van der Waals surface area contributed by atoms with E-state index in [9.17, 15) is 9.18 Å². The van der Waals surface area contributed by atoms with E-state index in [1.807, 2.05) is 0 Å². The Morgan fingerprint density at radius 2 is 2.29 bits per heavy atom. The largest absolute Gasteiger partial charge is 0.330 e. The molecule has 3 N–H and O–H groups in total. The summed E-state index contributed by atoms with van der Waals surface area (Å²) < 4.78 is 12.9. The van der Waals surface area contributed by atoms with Gasteiger partial charge in [0.25, 0.3) is 0 Å². The number of benzene rings is 1. The molecule has 0 aliphatic rings. The number of nitrogens with two attached hydrogens (primary N) is 1. The molecule has 0 aromatic heterocycles. The van der Waals surface area contributed by atoms with E-state index in [4.69, 9.17) is 5.73 Å². The van der Waals surface area contributed by atoms with Gasteiger partial charge in [-0.05, 0) is 37.1 Å². The van der Waals surface area contributed by atoms with Crippen molar-refractivity contribution in [2.45, 2.75) is 26.2 Å². The van der Waals surface area contributed by atoms with E-state index in [1.165, 1.54) is 12.1 Å². The van der Waals surface area contributed by atoms with Gasteiger partial charge in [-0.1, -0.05) is 19.4 Å². The van der Waals surface area contributed by atoms with Gasteiger partial charge in [0.15, 0.2) is 0 Å². The van der Waals surface area contributed by atoms with Crippen molar-refractivity contribution in [1.82, 2.24) is 0 Å². The molecule has 0 saturated heterocycles. The van der Waals surface area contributed by atoms with Crippen LogP contribution in [0.2, 0.25) is 0 Å². The highest BCUT2D eigenvalue weighted by Crippen LogP contribution is 2.12. The van der Waals surface area contributed by atoms with Gasteiger partial charge in [-0.15, -0.1) is 0 Å². The Bertz CT molecular complexity index is 364. The van der Waals surface area contributed by atoms with E-state index in [-0.39, 0.29) is 11.7 Å². The SMILES string of the molecule is CCC(CN)CCC(=O)Nc1cccc(F)c1. The Balaban J connectivity index is 2.39. The Morgan fingerprint density at radius 3 is 2.88 bits per heavy atom. The lowest BCUT2D eigenvalue weighted by molar-refractivity contribution is -0.116. The maximum Gasteiger partial charge on any atom is 0.224 e. The van der Waals surface area contributed by atoms with E-state index >= 15 is 0 Å². The summed E-state index contributed by atoms with van der Waals surface area (Å²) >= 11 is 0. The third kappa shape index (κ3) is 4.95. The summed E-state index contributed by atoms with van der Waals surface area (Å²) in [5.41, 5.74) is 6.06. The molecule has 1 rings (SSSR count). The molecule has 1 amide bonds. The second kappa shape index (κ2) is 7.01. The standard InChI is InChI=1S/C13H19FN2O/c1-2-10(9-15)6-7-13(17)16-12-5-3-4-11(14)8-12/h3-5,8,10H,2,6-7,9,15H2,1H3,(H,16,17). The lowest BCUT2D eigenvalue weighted by Gasteiger charge is -2.11. The third-order valence-corrected chi connectivity index (χ3v) is 2.80. The first kappa shape index (κ1) is 13.6. The summed E-state index contributed by atoms with van der Waals surface area (Å²) in [6, 6.07) is 5.89. The predicted octanol–water partition coefficient (Wildman–Crippen LogP) is 2.53. The van der Waals surface area contributed by atoms with Crippen LogP contribution < -0.4 is 11.1 Å². The zero-order chi connectivity index (χ0) is 12.7. The molecule has 0 heterocycles. The van der Waals surface area contributed by atoms with Crippen LogP contribution in [0, 0.1) is 11.7 Å². The van der Waals surface area contributed by atoms with Gasteiger partial charge in [0.05, 0.1) is 0 Å². The quantitative estimate of drug-likeness (QED) is 0.800. The highest BCUT2D eigenvalue weighted by molar-refractivity contribution is 5.90. The highest BCUT2D eigenvalue weighted by Gasteiger charge is 2.08. The molecule has 0 bridgehead atoms. The number of hydrogen-bond donors (Lipinski definition) is 2. The summed E-state index contributed by atoms with van der Waals surface area (Å²) in [4.78, 5) is 11.6. The molecule has 0 aliphatic carbocycles. The molecule has 0 spiro atoms. The average Bonchev–Trinajstić information content (AvgIpc) is 2.30. The number of rotatable bonds is 6. The number of amides is 1. The first-order valence-electron chi connectivity index (χ1n) is 5.91. The summed E-state index contributed by atoms with van der Waals surface area (Å²) in [6.45, 7) is 2.66. The van der Waals surface area contributed by atoms with Crippen LogP contribution >= 0.6 is 0 Å². The van der Waals surface area contributed by atoms with Gasteiger partial charge >= 0.3 is 0 Å². The maximum atomic E-state index is 12.9. The molecule has 17 heavy (non-hydrogen) atoms. The number of hydrogen-bond acceptors (Lipinski definition) is 2. The summed E-state index contributed by atoms with van der Waals surface area (Å²) in [5.74, 6) is -0.0630. The molecule has 1 aromatic carbocycles. The van der Waals surface area contributed by atoms with Crippen LogP contribution in [0.4, 0.5) is 10.1 Å². The van der Waals surface area contributed by atoms with Crippen molar-refractivity contribution in [2.75, 3.05) is 11.9 Å². The highest BCUT2D eigenvalue weighted by atomic mass is 19.1. The van der Waals surface area contributed by atoms with Crippen molar-refractivity contribution in [2.24, 2.45) is 11.7 Å². The van der Waals surface area contributed by atoms with Crippen LogP contribution in [-0.4, -0.2) is 12.5 Å². The van der Waals surface area contributed by atoms with Gasteiger partial charge in [0, 0.05) is 12.1 Å². The Labute approximate surface area is 101 Å². The molecule has 3 nitrogen and oxygen atoms in total. The van der Waals surface area contributed by atoms with E-state index in [1.54, 1.807) is 12.1 Å². The lowest BCUT2D eigenvalue weighted by atomic mass is 10.0. The van der Waals surface area contributed by atoms with E-state index in [0.29, 0.717) is 24.6 Å². The number of anilines is 1. The van der Waals surface area contributed by atoms with Crippen molar-refractivity contribution < 1.29 is 9.18 Å². The van der Waals surface area contributed by atoms with Crippen molar-refractivity contribution in [3.05, 3.63) is 30.1 Å². The normalized spacial score (nSPS) is 12.2. The van der Waals surface area contributed by atoms with Crippen molar-refractivity contribution in [1.29, 1.82) is 0 Å². The molecular weight excluding hydrogens is 219 g/mol. The number of nitrogens with one attached hydrogen (secondary N) is 1. The Hall–Kier alpha value is -1.42. The van der Waals surface area contributed by atoms with E-state index in [0.717, 1.165) is 12.8 Å². The smallest absolute Gasteiger partial charge is 0.224 e. The van der Waals surface area contributed by atoms with Crippen LogP contribution in [0.1, 0.15) is 26.2 Å². The van der Waals surface area contributed by atoms with Crippen LogP contribution in [0.15, 0.2) is 24.3 Å². The molecule has 1 unspecified atom stereocenters. The fourth-order valence-corrected chi connectivity index (χ4v) is 1.61. The molecular formula is C13H19FN2O. The minimum atomic E-state index is -0.351. The fraction of sp³-hybridized carbons (Fsp3) is 0.462. The molecule has 4 heteroatoms.